The van der Waals surface area contributed by atoms with Crippen LogP contribution in [0.4, 0.5) is 4.39 Å². The number of aryl methyl sites for hydroxylation is 1. The molecule has 6 nitrogen and oxygen atoms in total. The zero-order valence-electron chi connectivity index (χ0n) is 14.5. The minimum Gasteiger partial charge on any atom is -0.387 e. The van der Waals surface area contributed by atoms with Crippen molar-refractivity contribution in [2.75, 3.05) is 26.2 Å². The summed E-state index contributed by atoms with van der Waals surface area (Å²) in [6.07, 6.45) is 2.63. The number of hydrogen-bond donors (Lipinski definition) is 1. The number of aliphatic hydroxyl groups excluding tert-OH is 1. The number of nitrogens with zero attached hydrogens (tertiary/aromatic N) is 4. The Balaban J connectivity index is 1.58. The summed E-state index contributed by atoms with van der Waals surface area (Å²) in [5.41, 5.74) is 1.29. The van der Waals surface area contributed by atoms with Crippen molar-refractivity contribution in [2.24, 2.45) is 7.05 Å². The fourth-order valence-corrected chi connectivity index (χ4v) is 3.23. The minimum absolute atomic E-state index is 0.0145. The number of halogens is 1. The number of rotatable bonds is 4. The van der Waals surface area contributed by atoms with Crippen LogP contribution in [-0.4, -0.2) is 62.8 Å². The van der Waals surface area contributed by atoms with Gasteiger partial charge in [0.25, 0.3) is 5.91 Å². The van der Waals surface area contributed by atoms with Gasteiger partial charge in [-0.2, -0.15) is 5.10 Å². The zero-order chi connectivity index (χ0) is 18.0. The van der Waals surface area contributed by atoms with Crippen molar-refractivity contribution in [3.05, 3.63) is 53.6 Å². The Morgan fingerprint density at radius 3 is 2.68 bits per heavy atom. The largest absolute Gasteiger partial charge is 0.387 e. The molecule has 0 unspecified atom stereocenters. The molecule has 25 heavy (non-hydrogen) atoms. The smallest absolute Gasteiger partial charge is 0.257 e. The van der Waals surface area contributed by atoms with E-state index in [-0.39, 0.29) is 17.8 Å². The minimum atomic E-state index is -0.673. The molecule has 1 aliphatic rings. The summed E-state index contributed by atoms with van der Waals surface area (Å²) in [6.45, 7) is 4.44. The maximum Gasteiger partial charge on any atom is 0.257 e. The number of β-amino-alcohol motifs (C(OH)–C–C–N with tert-alkyl or cyclic N) is 1. The van der Waals surface area contributed by atoms with Crippen LogP contribution in [0.1, 0.15) is 28.9 Å². The van der Waals surface area contributed by atoms with E-state index in [4.69, 9.17) is 0 Å². The van der Waals surface area contributed by atoms with E-state index < -0.39 is 6.10 Å². The zero-order valence-corrected chi connectivity index (χ0v) is 14.5. The van der Waals surface area contributed by atoms with Gasteiger partial charge in [0.05, 0.1) is 17.9 Å². The number of hydrogen-bond acceptors (Lipinski definition) is 4. The second kappa shape index (κ2) is 7.33. The lowest BCUT2D eigenvalue weighted by molar-refractivity contribution is 0.0354. The van der Waals surface area contributed by atoms with Crippen LogP contribution >= 0.6 is 0 Å². The summed E-state index contributed by atoms with van der Waals surface area (Å²) in [6, 6.07) is 5.95. The third kappa shape index (κ3) is 4.05. The first kappa shape index (κ1) is 17.6. The van der Waals surface area contributed by atoms with Gasteiger partial charge in [-0.3, -0.25) is 14.4 Å². The predicted molar refractivity (Wildman–Crippen MR) is 91.5 cm³/mol. The van der Waals surface area contributed by atoms with Crippen molar-refractivity contribution >= 4 is 5.91 Å². The highest BCUT2D eigenvalue weighted by molar-refractivity contribution is 5.94. The van der Waals surface area contributed by atoms with E-state index in [2.05, 4.69) is 10.00 Å². The average Bonchev–Trinajstić information content (AvgIpc) is 3.01. The number of amides is 1. The maximum absolute atomic E-state index is 13.0. The molecule has 3 rings (SSSR count). The molecule has 1 aromatic heterocycles. The number of benzene rings is 1. The molecule has 0 aliphatic carbocycles. The molecule has 2 aromatic rings. The lowest BCUT2D eigenvalue weighted by Crippen LogP contribution is -2.54. The van der Waals surface area contributed by atoms with E-state index in [1.165, 1.54) is 12.1 Å². The Morgan fingerprint density at radius 1 is 1.36 bits per heavy atom. The number of aromatic nitrogens is 2. The van der Waals surface area contributed by atoms with E-state index >= 15 is 0 Å². The monoisotopic (exact) mass is 346 g/mol. The van der Waals surface area contributed by atoms with Crippen LogP contribution in [0.2, 0.25) is 0 Å². The van der Waals surface area contributed by atoms with Gasteiger partial charge in [-0.25, -0.2) is 4.39 Å². The Bertz CT molecular complexity index is 731. The van der Waals surface area contributed by atoms with Gasteiger partial charge in [-0.15, -0.1) is 0 Å². The van der Waals surface area contributed by atoms with Crippen molar-refractivity contribution in [3.8, 4) is 0 Å². The Hall–Kier alpha value is -2.25. The van der Waals surface area contributed by atoms with Crippen LogP contribution in [0, 0.1) is 5.82 Å². The lowest BCUT2D eigenvalue weighted by atomic mass is 10.1. The van der Waals surface area contributed by atoms with E-state index in [0.717, 1.165) is 0 Å². The van der Waals surface area contributed by atoms with Gasteiger partial charge < -0.3 is 10.0 Å². The molecule has 7 heteroatoms. The highest BCUT2D eigenvalue weighted by atomic mass is 19.1. The molecule has 1 aliphatic heterocycles. The third-order valence-corrected chi connectivity index (χ3v) is 4.61. The molecular weight excluding hydrogens is 323 g/mol. The standard InChI is InChI=1S/C18H23FN4O2/c1-13-10-22(12-17(24)14-3-5-16(19)6-4-14)7-8-23(13)18(25)15-9-20-21(2)11-15/h3-6,9,11,13,17,24H,7-8,10,12H2,1-2H3/t13-,17+/m0/s1. The number of aliphatic hydroxyl groups is 1. The summed E-state index contributed by atoms with van der Waals surface area (Å²) in [4.78, 5) is 16.6. The molecule has 2 heterocycles. The summed E-state index contributed by atoms with van der Waals surface area (Å²) < 4.78 is 14.6. The van der Waals surface area contributed by atoms with Crippen molar-refractivity contribution in [3.63, 3.8) is 0 Å². The summed E-state index contributed by atoms with van der Waals surface area (Å²) in [5, 5.41) is 14.4. The topological polar surface area (TPSA) is 61.6 Å². The van der Waals surface area contributed by atoms with Gasteiger partial charge in [0.1, 0.15) is 5.82 Å². The van der Waals surface area contributed by atoms with Crippen molar-refractivity contribution in [1.29, 1.82) is 0 Å². The molecule has 1 saturated heterocycles. The van der Waals surface area contributed by atoms with Crippen LogP contribution in [0.25, 0.3) is 0 Å². The maximum atomic E-state index is 13.0. The van der Waals surface area contributed by atoms with Crippen LogP contribution in [0.5, 0.6) is 0 Å². The SMILES string of the molecule is C[C@H]1CN(C[C@@H](O)c2ccc(F)cc2)CCN1C(=O)c1cnn(C)c1. The van der Waals surface area contributed by atoms with E-state index in [1.807, 2.05) is 11.8 Å². The molecule has 2 atom stereocenters. The Labute approximate surface area is 146 Å². The van der Waals surface area contributed by atoms with Crippen LogP contribution in [-0.2, 0) is 7.05 Å². The number of carbonyl (C=O) groups is 1. The van der Waals surface area contributed by atoms with Crippen LogP contribution in [0.15, 0.2) is 36.7 Å². The number of carbonyl (C=O) groups excluding carboxylic acids is 1. The average molecular weight is 346 g/mol. The van der Waals surface area contributed by atoms with Gasteiger partial charge >= 0.3 is 0 Å². The van der Waals surface area contributed by atoms with E-state index in [0.29, 0.717) is 37.3 Å². The fraction of sp³-hybridized carbons (Fsp3) is 0.444. The molecule has 0 radical (unpaired) electrons. The van der Waals surface area contributed by atoms with Crippen molar-refractivity contribution in [2.45, 2.75) is 19.1 Å². The van der Waals surface area contributed by atoms with E-state index in [9.17, 15) is 14.3 Å². The summed E-state index contributed by atoms with van der Waals surface area (Å²) in [7, 11) is 1.79. The normalized spacial score (nSPS) is 19.8. The van der Waals surface area contributed by atoms with Gasteiger partial charge in [0.2, 0.25) is 0 Å². The molecule has 1 N–H and O–H groups in total. The highest BCUT2D eigenvalue weighted by Crippen LogP contribution is 2.19. The third-order valence-electron chi connectivity index (χ3n) is 4.61. The molecule has 1 aromatic carbocycles. The Morgan fingerprint density at radius 2 is 2.08 bits per heavy atom. The quantitative estimate of drug-likeness (QED) is 0.910. The second-order valence-electron chi connectivity index (χ2n) is 6.58. The molecule has 1 fully saturated rings. The first-order valence-electron chi connectivity index (χ1n) is 8.39. The van der Waals surface area contributed by atoms with Crippen molar-refractivity contribution in [1.82, 2.24) is 19.6 Å². The molecule has 0 spiro atoms. The lowest BCUT2D eigenvalue weighted by Gasteiger charge is -2.40. The van der Waals surface area contributed by atoms with Crippen LogP contribution in [0.3, 0.4) is 0 Å². The first-order chi connectivity index (χ1) is 11.9. The first-order valence-corrected chi connectivity index (χ1v) is 8.39. The van der Waals surface area contributed by atoms with Gasteiger partial charge in [-0.05, 0) is 24.6 Å². The van der Waals surface area contributed by atoms with E-state index in [1.54, 1.807) is 36.3 Å². The van der Waals surface area contributed by atoms with Crippen LogP contribution < -0.4 is 0 Å². The summed E-state index contributed by atoms with van der Waals surface area (Å²) in [5.74, 6) is -0.327. The predicted octanol–water partition coefficient (Wildman–Crippen LogP) is 1.44. The van der Waals surface area contributed by atoms with Crippen molar-refractivity contribution < 1.29 is 14.3 Å². The number of piperazine rings is 1. The van der Waals surface area contributed by atoms with Gasteiger partial charge in [0, 0.05) is 45.5 Å². The fourth-order valence-electron chi connectivity index (χ4n) is 3.23. The molecule has 134 valence electrons. The van der Waals surface area contributed by atoms with Gasteiger partial charge in [-0.1, -0.05) is 12.1 Å². The molecule has 0 saturated carbocycles. The summed E-state index contributed by atoms with van der Waals surface area (Å²) >= 11 is 0. The Kier molecular flexibility index (Phi) is 5.15. The second-order valence-corrected chi connectivity index (χ2v) is 6.58. The molecule has 1 amide bonds. The molecular formula is C18H23FN4O2. The molecule has 0 bridgehead atoms. The van der Waals surface area contributed by atoms with Gasteiger partial charge in [0.15, 0.2) is 0 Å². The highest BCUT2D eigenvalue weighted by Gasteiger charge is 2.29.